The van der Waals surface area contributed by atoms with Crippen molar-refractivity contribution in [1.29, 1.82) is 0 Å². The normalized spacial score (nSPS) is 17.3. The number of para-hydroxylation sites is 2. The summed E-state index contributed by atoms with van der Waals surface area (Å²) < 4.78 is 5.34. The van der Waals surface area contributed by atoms with Crippen LogP contribution >= 0.6 is 0 Å². The highest BCUT2D eigenvalue weighted by Crippen LogP contribution is 2.32. The molecule has 2 aromatic rings. The maximum atomic E-state index is 13.4. The van der Waals surface area contributed by atoms with Crippen LogP contribution in [0.1, 0.15) is 38.8 Å². The molecule has 2 aromatic carbocycles. The number of amides is 2. The lowest BCUT2D eigenvalue weighted by molar-refractivity contribution is -0.120. The van der Waals surface area contributed by atoms with Crippen LogP contribution in [0, 0.1) is 0 Å². The molecule has 2 atom stereocenters. The van der Waals surface area contributed by atoms with E-state index in [0.717, 1.165) is 23.5 Å². The van der Waals surface area contributed by atoms with Gasteiger partial charge in [-0.25, -0.2) is 0 Å². The van der Waals surface area contributed by atoms with E-state index in [1.807, 2.05) is 55.5 Å². The molecular weight excluding hydrogens is 366 g/mol. The second-order valence-corrected chi connectivity index (χ2v) is 7.40. The summed E-state index contributed by atoms with van der Waals surface area (Å²) in [5.41, 5.74) is 2.53. The first-order valence-electron chi connectivity index (χ1n) is 10.0. The molecule has 2 unspecified atom stereocenters. The lowest BCUT2D eigenvalue weighted by atomic mass is 10.1. The Morgan fingerprint density at radius 3 is 2.76 bits per heavy atom. The van der Waals surface area contributed by atoms with Crippen molar-refractivity contribution in [2.24, 2.45) is 0 Å². The van der Waals surface area contributed by atoms with E-state index >= 15 is 0 Å². The monoisotopic (exact) mass is 395 g/mol. The van der Waals surface area contributed by atoms with Crippen LogP contribution in [0.2, 0.25) is 0 Å². The van der Waals surface area contributed by atoms with Crippen molar-refractivity contribution >= 4 is 23.2 Å². The molecule has 0 spiro atoms. The Balaban J connectivity index is 1.84. The van der Waals surface area contributed by atoms with Gasteiger partial charge >= 0.3 is 0 Å². The van der Waals surface area contributed by atoms with Crippen molar-refractivity contribution in [3.63, 3.8) is 0 Å². The van der Waals surface area contributed by atoms with E-state index in [0.29, 0.717) is 5.69 Å². The zero-order valence-electron chi connectivity index (χ0n) is 17.5. The topological polar surface area (TPSA) is 61.9 Å². The van der Waals surface area contributed by atoms with Gasteiger partial charge in [0, 0.05) is 18.5 Å². The molecule has 154 valence electrons. The standard InChI is InChI=1S/C23H29N3O3/c1-5-25(17(3)18-9-8-10-19(14-18)29-4)15-23(28)26-16(2)13-22(27)24-20-11-6-7-12-21(20)26/h6-12,14,16-17H,5,13,15H2,1-4H3,(H,24,27). The van der Waals surface area contributed by atoms with Crippen LogP contribution in [0.4, 0.5) is 11.4 Å². The van der Waals surface area contributed by atoms with Gasteiger partial charge < -0.3 is 15.0 Å². The molecule has 0 aliphatic carbocycles. The summed E-state index contributed by atoms with van der Waals surface area (Å²) in [5, 5.41) is 2.91. The molecule has 0 bridgehead atoms. The van der Waals surface area contributed by atoms with E-state index in [9.17, 15) is 9.59 Å². The zero-order chi connectivity index (χ0) is 21.0. The molecule has 6 nitrogen and oxygen atoms in total. The quantitative estimate of drug-likeness (QED) is 0.807. The van der Waals surface area contributed by atoms with Gasteiger partial charge in [-0.15, -0.1) is 0 Å². The molecule has 1 heterocycles. The highest BCUT2D eigenvalue weighted by molar-refractivity contribution is 6.04. The van der Waals surface area contributed by atoms with E-state index in [1.54, 1.807) is 12.0 Å². The highest BCUT2D eigenvalue weighted by atomic mass is 16.5. The number of hydrogen-bond acceptors (Lipinski definition) is 4. The minimum atomic E-state index is -0.211. The summed E-state index contributed by atoms with van der Waals surface area (Å²) in [5.74, 6) is 0.715. The van der Waals surface area contributed by atoms with Gasteiger partial charge in [-0.3, -0.25) is 14.5 Å². The number of anilines is 2. The molecule has 29 heavy (non-hydrogen) atoms. The number of benzene rings is 2. The van der Waals surface area contributed by atoms with E-state index in [4.69, 9.17) is 4.74 Å². The predicted molar refractivity (Wildman–Crippen MR) is 115 cm³/mol. The molecule has 0 fully saturated rings. The van der Waals surface area contributed by atoms with Crippen molar-refractivity contribution < 1.29 is 14.3 Å². The van der Waals surface area contributed by atoms with Gasteiger partial charge in [0.1, 0.15) is 5.75 Å². The molecule has 1 N–H and O–H groups in total. The average molecular weight is 396 g/mol. The van der Waals surface area contributed by atoms with Crippen LogP contribution in [-0.2, 0) is 9.59 Å². The van der Waals surface area contributed by atoms with Gasteiger partial charge in [0.25, 0.3) is 0 Å². The van der Waals surface area contributed by atoms with Crippen LogP contribution < -0.4 is 15.0 Å². The van der Waals surface area contributed by atoms with Crippen LogP contribution in [0.15, 0.2) is 48.5 Å². The summed E-state index contributed by atoms with van der Waals surface area (Å²) in [7, 11) is 1.65. The minimum absolute atomic E-state index is 0.0157. The second kappa shape index (κ2) is 9.09. The predicted octanol–water partition coefficient (Wildman–Crippen LogP) is 3.84. The number of hydrogen-bond donors (Lipinski definition) is 1. The SMILES string of the molecule is CCN(CC(=O)N1c2ccccc2NC(=O)CC1C)C(C)c1cccc(OC)c1. The maximum Gasteiger partial charge on any atom is 0.241 e. The molecule has 0 aromatic heterocycles. The summed E-state index contributed by atoms with van der Waals surface area (Å²) in [6.07, 6.45) is 0.276. The number of nitrogens with zero attached hydrogens (tertiary/aromatic N) is 2. The first-order valence-corrected chi connectivity index (χ1v) is 10.0. The molecular formula is C23H29N3O3. The van der Waals surface area contributed by atoms with Crippen molar-refractivity contribution in [2.75, 3.05) is 30.4 Å². The number of rotatable bonds is 6. The number of carbonyl (C=O) groups is 2. The Labute approximate surface area is 172 Å². The van der Waals surface area contributed by atoms with Crippen LogP contribution in [0.25, 0.3) is 0 Å². The van der Waals surface area contributed by atoms with Gasteiger partial charge in [-0.05, 0) is 50.2 Å². The van der Waals surface area contributed by atoms with Crippen molar-refractivity contribution in [3.05, 3.63) is 54.1 Å². The van der Waals surface area contributed by atoms with Crippen LogP contribution in [0.3, 0.4) is 0 Å². The average Bonchev–Trinajstić information content (AvgIpc) is 2.85. The first-order chi connectivity index (χ1) is 13.9. The van der Waals surface area contributed by atoms with Crippen LogP contribution in [0.5, 0.6) is 5.75 Å². The van der Waals surface area contributed by atoms with E-state index in [-0.39, 0.29) is 36.9 Å². The Bertz CT molecular complexity index is 883. The molecule has 6 heteroatoms. The number of nitrogens with one attached hydrogen (secondary N) is 1. The van der Waals surface area contributed by atoms with Gasteiger partial charge in [-0.1, -0.05) is 31.2 Å². The molecule has 0 saturated heterocycles. The molecule has 0 radical (unpaired) electrons. The second-order valence-electron chi connectivity index (χ2n) is 7.40. The fraction of sp³-hybridized carbons (Fsp3) is 0.391. The van der Waals surface area contributed by atoms with Gasteiger partial charge in [0.15, 0.2) is 0 Å². The first kappa shape index (κ1) is 20.9. The summed E-state index contributed by atoms with van der Waals surface area (Å²) >= 11 is 0. The lowest BCUT2D eigenvalue weighted by Crippen LogP contribution is -2.45. The molecule has 3 rings (SSSR count). The fourth-order valence-electron chi connectivity index (χ4n) is 3.85. The largest absolute Gasteiger partial charge is 0.497 e. The summed E-state index contributed by atoms with van der Waals surface area (Å²) in [6.45, 7) is 7.06. The van der Waals surface area contributed by atoms with E-state index in [2.05, 4.69) is 24.1 Å². The summed E-state index contributed by atoms with van der Waals surface area (Å²) in [4.78, 5) is 29.5. The van der Waals surface area contributed by atoms with Crippen molar-refractivity contribution in [2.45, 2.75) is 39.3 Å². The third kappa shape index (κ3) is 4.59. The van der Waals surface area contributed by atoms with Crippen molar-refractivity contribution in [1.82, 2.24) is 4.90 Å². The minimum Gasteiger partial charge on any atom is -0.497 e. The number of carbonyl (C=O) groups excluding carboxylic acids is 2. The molecule has 1 aliphatic rings. The number of likely N-dealkylation sites (N-methyl/N-ethyl adjacent to an activating group) is 1. The van der Waals surface area contributed by atoms with Gasteiger partial charge in [0.05, 0.1) is 25.0 Å². The fourth-order valence-corrected chi connectivity index (χ4v) is 3.85. The van der Waals surface area contributed by atoms with E-state index < -0.39 is 0 Å². The zero-order valence-corrected chi connectivity index (χ0v) is 17.5. The highest BCUT2D eigenvalue weighted by Gasteiger charge is 2.31. The Kier molecular flexibility index (Phi) is 6.54. The van der Waals surface area contributed by atoms with Crippen LogP contribution in [-0.4, -0.2) is 43.0 Å². The molecule has 0 saturated carbocycles. The van der Waals surface area contributed by atoms with Gasteiger partial charge in [-0.2, -0.15) is 0 Å². The Morgan fingerprint density at radius 2 is 2.03 bits per heavy atom. The van der Waals surface area contributed by atoms with Gasteiger partial charge in [0.2, 0.25) is 11.8 Å². The Morgan fingerprint density at radius 1 is 1.28 bits per heavy atom. The lowest BCUT2D eigenvalue weighted by Gasteiger charge is -2.33. The molecule has 2 amide bonds. The summed E-state index contributed by atoms with van der Waals surface area (Å²) in [6, 6.07) is 15.2. The third-order valence-corrected chi connectivity index (χ3v) is 5.50. The Hall–Kier alpha value is -2.86. The molecule has 1 aliphatic heterocycles. The van der Waals surface area contributed by atoms with E-state index in [1.165, 1.54) is 0 Å². The maximum absolute atomic E-state index is 13.4. The number of fused-ring (bicyclic) bond motifs is 1. The number of methoxy groups -OCH3 is 1. The number of ether oxygens (including phenoxy) is 1. The third-order valence-electron chi connectivity index (χ3n) is 5.50. The smallest absolute Gasteiger partial charge is 0.241 e. The van der Waals surface area contributed by atoms with Crippen molar-refractivity contribution in [3.8, 4) is 5.75 Å².